The smallest absolute Gasteiger partial charge is 0.137 e. The van der Waals surface area contributed by atoms with Gasteiger partial charge in [0.25, 0.3) is 0 Å². The Morgan fingerprint density at radius 1 is 1.05 bits per heavy atom. The third-order valence-electron chi connectivity index (χ3n) is 3.15. The molecule has 0 saturated heterocycles. The molecular weight excluding hydrogens is 246 g/mol. The number of aromatic nitrogens is 2. The topological polar surface area (TPSA) is 17.3 Å². The molecule has 0 amide bonds. The summed E-state index contributed by atoms with van der Waals surface area (Å²) in [5.41, 5.74) is 3.04. The molecule has 0 spiro atoms. The maximum Gasteiger partial charge on any atom is 0.137 e. The zero-order valence-corrected chi connectivity index (χ0v) is 10.6. The fraction of sp³-hybridized carbons (Fsp3) is 0.133. The van der Waals surface area contributed by atoms with Crippen molar-refractivity contribution in [1.82, 2.24) is 9.38 Å². The molecule has 2 aromatic heterocycles. The quantitative estimate of drug-likeness (QED) is 0.647. The lowest BCUT2D eigenvalue weighted by molar-refractivity contribution is 0.588. The average molecular weight is 258 g/mol. The van der Waals surface area contributed by atoms with Gasteiger partial charge in [-0.3, -0.25) is 4.40 Å². The highest BCUT2D eigenvalue weighted by Crippen LogP contribution is 2.28. The van der Waals surface area contributed by atoms with Gasteiger partial charge in [0.15, 0.2) is 0 Å². The van der Waals surface area contributed by atoms with E-state index in [0.717, 1.165) is 11.3 Å². The third-order valence-corrected chi connectivity index (χ3v) is 3.15. The first-order chi connectivity index (χ1) is 9.08. The Morgan fingerprint density at radius 2 is 1.74 bits per heavy atom. The monoisotopic (exact) mass is 258 g/mol. The predicted octanol–water partition coefficient (Wildman–Crippen LogP) is 3.90. The summed E-state index contributed by atoms with van der Waals surface area (Å²) in [6.07, 6.45) is 1.50. The van der Waals surface area contributed by atoms with Crippen LogP contribution in [0, 0.1) is 25.5 Å². The second-order valence-electron chi connectivity index (χ2n) is 4.61. The normalized spacial score (nSPS) is 11.2. The fourth-order valence-electron chi connectivity index (χ4n) is 2.40. The van der Waals surface area contributed by atoms with E-state index >= 15 is 0 Å². The summed E-state index contributed by atoms with van der Waals surface area (Å²) in [6, 6.07) is 7.70. The van der Waals surface area contributed by atoms with E-state index in [1.54, 1.807) is 4.40 Å². The molecule has 4 heteroatoms. The zero-order chi connectivity index (χ0) is 13.6. The highest BCUT2D eigenvalue weighted by Gasteiger charge is 2.16. The summed E-state index contributed by atoms with van der Waals surface area (Å²) in [7, 11) is 0. The summed E-state index contributed by atoms with van der Waals surface area (Å²) in [6.45, 7) is 3.86. The van der Waals surface area contributed by atoms with Gasteiger partial charge in [-0.1, -0.05) is 6.07 Å². The van der Waals surface area contributed by atoms with Crippen molar-refractivity contribution in [2.45, 2.75) is 13.8 Å². The molecule has 0 radical (unpaired) electrons. The summed E-state index contributed by atoms with van der Waals surface area (Å²) in [5, 5.41) is 0. The zero-order valence-electron chi connectivity index (χ0n) is 10.6. The van der Waals surface area contributed by atoms with Crippen molar-refractivity contribution in [2.75, 3.05) is 0 Å². The van der Waals surface area contributed by atoms with Gasteiger partial charge in [0, 0.05) is 5.69 Å². The minimum absolute atomic E-state index is 0.0399. The Morgan fingerprint density at radius 3 is 2.42 bits per heavy atom. The lowest BCUT2D eigenvalue weighted by Gasteiger charge is -2.08. The molecule has 19 heavy (non-hydrogen) atoms. The van der Waals surface area contributed by atoms with Crippen LogP contribution in [-0.4, -0.2) is 9.38 Å². The number of imidazole rings is 1. The number of fused-ring (bicyclic) bond motifs is 1. The van der Waals surface area contributed by atoms with Crippen molar-refractivity contribution < 1.29 is 8.78 Å². The predicted molar refractivity (Wildman–Crippen MR) is 70.0 cm³/mol. The van der Waals surface area contributed by atoms with Crippen LogP contribution in [0.4, 0.5) is 8.78 Å². The van der Waals surface area contributed by atoms with Gasteiger partial charge in [-0.05, 0) is 43.7 Å². The molecule has 0 saturated carbocycles. The van der Waals surface area contributed by atoms with Crippen LogP contribution in [0.3, 0.4) is 0 Å². The van der Waals surface area contributed by atoms with E-state index in [2.05, 4.69) is 4.98 Å². The van der Waals surface area contributed by atoms with Crippen LogP contribution in [0.2, 0.25) is 0 Å². The molecule has 3 rings (SSSR count). The lowest BCUT2D eigenvalue weighted by atomic mass is 10.1. The molecule has 0 aliphatic rings. The molecule has 2 heterocycles. The van der Waals surface area contributed by atoms with E-state index in [4.69, 9.17) is 0 Å². The van der Waals surface area contributed by atoms with E-state index in [1.165, 1.54) is 24.4 Å². The van der Waals surface area contributed by atoms with Gasteiger partial charge in [0.2, 0.25) is 0 Å². The maximum atomic E-state index is 13.9. The molecule has 96 valence electrons. The SMILES string of the molecule is Cc1cc(C)n2c(-c3c(F)cccc3F)cnc2c1. The average Bonchev–Trinajstić information content (AvgIpc) is 2.72. The molecule has 2 nitrogen and oxygen atoms in total. The van der Waals surface area contributed by atoms with Crippen LogP contribution in [0.5, 0.6) is 0 Å². The third kappa shape index (κ3) is 1.80. The molecule has 3 aromatic rings. The number of halogens is 2. The van der Waals surface area contributed by atoms with Crippen molar-refractivity contribution in [2.24, 2.45) is 0 Å². The number of rotatable bonds is 1. The first-order valence-electron chi connectivity index (χ1n) is 5.97. The molecule has 0 atom stereocenters. The van der Waals surface area contributed by atoms with Crippen LogP contribution in [0.1, 0.15) is 11.3 Å². The highest BCUT2D eigenvalue weighted by atomic mass is 19.1. The van der Waals surface area contributed by atoms with E-state index in [0.29, 0.717) is 11.3 Å². The van der Waals surface area contributed by atoms with E-state index in [-0.39, 0.29) is 5.56 Å². The van der Waals surface area contributed by atoms with Crippen LogP contribution in [0.15, 0.2) is 36.5 Å². The van der Waals surface area contributed by atoms with E-state index < -0.39 is 11.6 Å². The largest absolute Gasteiger partial charge is 0.297 e. The van der Waals surface area contributed by atoms with Gasteiger partial charge in [0.1, 0.15) is 17.3 Å². The molecular formula is C15H12F2N2. The highest BCUT2D eigenvalue weighted by molar-refractivity contribution is 5.66. The lowest BCUT2D eigenvalue weighted by Crippen LogP contribution is -1.98. The van der Waals surface area contributed by atoms with Crippen molar-refractivity contribution in [3.8, 4) is 11.3 Å². The second-order valence-corrected chi connectivity index (χ2v) is 4.61. The first-order valence-corrected chi connectivity index (χ1v) is 5.97. The van der Waals surface area contributed by atoms with Crippen LogP contribution in [-0.2, 0) is 0 Å². The first kappa shape index (κ1) is 11.8. The number of hydrogen-bond acceptors (Lipinski definition) is 1. The summed E-state index contributed by atoms with van der Waals surface area (Å²) >= 11 is 0. The van der Waals surface area contributed by atoms with Crippen molar-refractivity contribution in [3.63, 3.8) is 0 Å². The van der Waals surface area contributed by atoms with Gasteiger partial charge in [-0.2, -0.15) is 0 Å². The summed E-state index contributed by atoms with van der Waals surface area (Å²) < 4.78 is 29.5. The molecule has 0 N–H and O–H groups in total. The van der Waals surface area contributed by atoms with E-state index in [1.807, 2.05) is 26.0 Å². The number of pyridine rings is 1. The molecule has 0 bridgehead atoms. The van der Waals surface area contributed by atoms with Gasteiger partial charge < -0.3 is 0 Å². The number of nitrogens with zero attached hydrogens (tertiary/aromatic N) is 2. The number of aryl methyl sites for hydroxylation is 2. The van der Waals surface area contributed by atoms with Gasteiger partial charge in [0.05, 0.1) is 17.5 Å². The Bertz CT molecular complexity index is 755. The minimum atomic E-state index is -0.582. The summed E-state index contributed by atoms with van der Waals surface area (Å²) in [5.74, 6) is -1.16. The molecule has 1 aromatic carbocycles. The molecule has 0 unspecified atom stereocenters. The molecule has 0 aliphatic heterocycles. The summed E-state index contributed by atoms with van der Waals surface area (Å²) in [4.78, 5) is 4.23. The Kier molecular flexibility index (Phi) is 2.59. The van der Waals surface area contributed by atoms with Crippen molar-refractivity contribution >= 4 is 5.65 Å². The standard InChI is InChI=1S/C15H12F2N2/c1-9-6-10(2)19-13(8-18-14(19)7-9)15-11(16)4-3-5-12(15)17/h3-8H,1-2H3. The Labute approximate surface area is 109 Å². The van der Waals surface area contributed by atoms with E-state index in [9.17, 15) is 8.78 Å². The minimum Gasteiger partial charge on any atom is -0.297 e. The second kappa shape index (κ2) is 4.16. The van der Waals surface area contributed by atoms with Crippen LogP contribution in [0.25, 0.3) is 16.9 Å². The fourth-order valence-corrected chi connectivity index (χ4v) is 2.40. The molecule has 0 aliphatic carbocycles. The van der Waals surface area contributed by atoms with Gasteiger partial charge in [-0.15, -0.1) is 0 Å². The van der Waals surface area contributed by atoms with Crippen LogP contribution < -0.4 is 0 Å². The Hall–Kier alpha value is -2.23. The van der Waals surface area contributed by atoms with Crippen LogP contribution >= 0.6 is 0 Å². The van der Waals surface area contributed by atoms with Gasteiger partial charge >= 0.3 is 0 Å². The number of hydrogen-bond donors (Lipinski definition) is 0. The Balaban J connectivity index is 2.38. The van der Waals surface area contributed by atoms with Crippen molar-refractivity contribution in [3.05, 3.63) is 59.4 Å². The van der Waals surface area contributed by atoms with Gasteiger partial charge in [-0.25, -0.2) is 13.8 Å². The molecule has 0 fully saturated rings. The maximum absolute atomic E-state index is 13.9. The number of benzene rings is 1. The van der Waals surface area contributed by atoms with Crippen molar-refractivity contribution in [1.29, 1.82) is 0 Å².